The molecule has 0 aliphatic rings. The number of hydrogen-bond donors (Lipinski definition) is 2. The summed E-state index contributed by atoms with van der Waals surface area (Å²) in [5, 5.41) is 0. The van der Waals surface area contributed by atoms with Crippen LogP contribution in [-0.2, 0) is 17.6 Å². The van der Waals surface area contributed by atoms with E-state index in [1.807, 2.05) is 5.43 Å². The number of nitrogens with zero attached hydrogens (tertiary/aromatic N) is 2. The first-order valence-electron chi connectivity index (χ1n) is 8.56. The molecule has 3 rings (SSSR count). The highest BCUT2D eigenvalue weighted by molar-refractivity contribution is 5.86. The summed E-state index contributed by atoms with van der Waals surface area (Å²) in [5.41, 5.74) is 0.982. The van der Waals surface area contributed by atoms with Crippen molar-refractivity contribution in [3.8, 4) is 5.75 Å². The second-order valence-corrected chi connectivity index (χ2v) is 6.04. The topological polar surface area (TPSA) is 90.1 Å². The smallest absolute Gasteiger partial charge is 0.421 e. The van der Waals surface area contributed by atoms with Crippen molar-refractivity contribution >= 4 is 5.91 Å². The first kappa shape index (κ1) is 20.3. The third kappa shape index (κ3) is 4.69. The predicted molar refractivity (Wildman–Crippen MR) is 98.4 cm³/mol. The van der Waals surface area contributed by atoms with E-state index in [1.165, 1.54) is 12.3 Å². The van der Waals surface area contributed by atoms with E-state index in [0.29, 0.717) is 5.56 Å². The Morgan fingerprint density at radius 1 is 1.03 bits per heavy atom. The number of amides is 1. The van der Waals surface area contributed by atoms with Crippen LogP contribution < -0.4 is 16.0 Å². The summed E-state index contributed by atoms with van der Waals surface area (Å²) in [4.78, 5) is 20.2. The van der Waals surface area contributed by atoms with Gasteiger partial charge >= 0.3 is 6.18 Å². The van der Waals surface area contributed by atoms with E-state index in [4.69, 9.17) is 10.6 Å². The van der Waals surface area contributed by atoms with Gasteiger partial charge in [0.25, 0.3) is 0 Å². The molecule has 1 aromatic carbocycles. The Morgan fingerprint density at radius 3 is 2.38 bits per heavy atom. The molecule has 2 heterocycles. The second-order valence-electron chi connectivity index (χ2n) is 6.04. The van der Waals surface area contributed by atoms with Crippen LogP contribution in [0.25, 0.3) is 0 Å². The zero-order valence-electron chi connectivity index (χ0n) is 15.1. The molecule has 0 bridgehead atoms. The Hall–Kier alpha value is -3.46. The molecule has 1 amide bonds. The lowest BCUT2D eigenvalue weighted by atomic mass is 9.94. The summed E-state index contributed by atoms with van der Waals surface area (Å²) in [6.07, 6.45) is -2.29. The largest absolute Gasteiger partial charge is 0.488 e. The lowest BCUT2D eigenvalue weighted by Gasteiger charge is -2.21. The Bertz CT molecular complexity index is 966. The molecule has 0 radical (unpaired) electrons. The Morgan fingerprint density at radius 2 is 1.76 bits per heavy atom. The molecule has 2 aromatic heterocycles. The van der Waals surface area contributed by atoms with Crippen molar-refractivity contribution in [1.82, 2.24) is 15.4 Å². The first-order valence-corrected chi connectivity index (χ1v) is 8.56. The van der Waals surface area contributed by atoms with E-state index >= 15 is 0 Å². The van der Waals surface area contributed by atoms with Crippen molar-refractivity contribution in [2.75, 3.05) is 0 Å². The molecule has 0 fully saturated rings. The van der Waals surface area contributed by atoms with Crippen molar-refractivity contribution in [1.29, 1.82) is 0 Å². The molecular weight excluding hydrogens is 385 g/mol. The Balaban J connectivity index is 2.08. The fourth-order valence-corrected chi connectivity index (χ4v) is 2.85. The number of halogens is 3. The average Bonchev–Trinajstić information content (AvgIpc) is 2.73. The molecule has 3 aromatic rings. The van der Waals surface area contributed by atoms with Gasteiger partial charge in [-0.05, 0) is 23.8 Å². The molecule has 150 valence electrons. The van der Waals surface area contributed by atoms with E-state index in [0.717, 1.165) is 12.3 Å². The van der Waals surface area contributed by atoms with Crippen LogP contribution >= 0.6 is 0 Å². The molecule has 6 nitrogen and oxygen atoms in total. The highest BCUT2D eigenvalue weighted by Gasteiger charge is 2.42. The maximum atomic E-state index is 14.0. The van der Waals surface area contributed by atoms with Gasteiger partial charge in [-0.1, -0.05) is 36.4 Å². The summed E-state index contributed by atoms with van der Waals surface area (Å²) in [7, 11) is 0. The van der Waals surface area contributed by atoms with E-state index in [2.05, 4.69) is 9.97 Å². The number of rotatable bonds is 6. The summed E-state index contributed by atoms with van der Waals surface area (Å²) < 4.78 is 47.4. The van der Waals surface area contributed by atoms with Gasteiger partial charge < -0.3 is 4.74 Å². The van der Waals surface area contributed by atoms with Crippen LogP contribution in [0.15, 0.2) is 67.0 Å². The van der Waals surface area contributed by atoms with E-state index in [-0.39, 0.29) is 12.3 Å². The number of alkyl halides is 3. The van der Waals surface area contributed by atoms with Crippen LogP contribution in [-0.4, -0.2) is 15.9 Å². The number of nitrogens with one attached hydrogen (secondary N) is 1. The maximum absolute atomic E-state index is 14.0. The van der Waals surface area contributed by atoms with E-state index < -0.39 is 35.0 Å². The van der Waals surface area contributed by atoms with Crippen LogP contribution in [0.4, 0.5) is 13.2 Å². The molecule has 9 heteroatoms. The first-order chi connectivity index (χ1) is 13.9. The highest BCUT2D eigenvalue weighted by Crippen LogP contribution is 2.41. The summed E-state index contributed by atoms with van der Waals surface area (Å²) in [6.45, 7) is -0.0787. The molecular formula is C20H17F3N4O2. The van der Waals surface area contributed by atoms with Gasteiger partial charge in [0.15, 0.2) is 0 Å². The minimum Gasteiger partial charge on any atom is -0.488 e. The van der Waals surface area contributed by atoms with Crippen molar-refractivity contribution in [3.05, 3.63) is 89.5 Å². The fraction of sp³-hybridized carbons (Fsp3) is 0.150. The fourth-order valence-electron chi connectivity index (χ4n) is 2.85. The SMILES string of the molecule is NNC(=O)C(c1ccccn1)c1nccc(OCc2ccccc2)c1C(F)(F)F. The van der Waals surface area contributed by atoms with Gasteiger partial charge in [-0.3, -0.25) is 20.2 Å². The quantitative estimate of drug-likeness (QED) is 0.375. The summed E-state index contributed by atoms with van der Waals surface area (Å²) in [5.74, 6) is 2.45. The normalized spacial score (nSPS) is 12.3. The van der Waals surface area contributed by atoms with Crippen LogP contribution in [0.3, 0.4) is 0 Å². The number of pyridine rings is 2. The zero-order chi connectivity index (χ0) is 20.9. The van der Waals surface area contributed by atoms with Crippen molar-refractivity contribution in [3.63, 3.8) is 0 Å². The monoisotopic (exact) mass is 402 g/mol. The number of hydrogen-bond acceptors (Lipinski definition) is 5. The molecule has 0 aliphatic carbocycles. The van der Waals surface area contributed by atoms with Crippen LogP contribution in [0.1, 0.15) is 28.4 Å². The molecule has 0 saturated heterocycles. The van der Waals surface area contributed by atoms with Gasteiger partial charge in [0.1, 0.15) is 23.8 Å². The zero-order valence-corrected chi connectivity index (χ0v) is 15.1. The van der Waals surface area contributed by atoms with Crippen LogP contribution in [0, 0.1) is 0 Å². The number of nitrogens with two attached hydrogens (primary N) is 1. The second kappa shape index (κ2) is 8.70. The van der Waals surface area contributed by atoms with Crippen LogP contribution in [0.5, 0.6) is 5.75 Å². The van der Waals surface area contributed by atoms with Gasteiger partial charge in [0, 0.05) is 12.4 Å². The predicted octanol–water partition coefficient (Wildman–Crippen LogP) is 3.20. The minimum absolute atomic E-state index is 0.0775. The summed E-state index contributed by atoms with van der Waals surface area (Å²) >= 11 is 0. The maximum Gasteiger partial charge on any atom is 0.421 e. The molecule has 0 saturated carbocycles. The number of ether oxygens (including phenoxy) is 1. The van der Waals surface area contributed by atoms with E-state index in [1.54, 1.807) is 42.5 Å². The standard InChI is InChI=1S/C20H17F3N4O2/c21-20(22,23)17-15(29-12-13-6-2-1-3-7-13)9-11-26-18(17)16(19(28)27-24)14-8-4-5-10-25-14/h1-11,16H,12,24H2,(H,27,28). The molecule has 29 heavy (non-hydrogen) atoms. The van der Waals surface area contributed by atoms with Crippen molar-refractivity contribution in [2.24, 2.45) is 5.84 Å². The van der Waals surface area contributed by atoms with Gasteiger partial charge in [-0.25, -0.2) is 5.84 Å². The lowest BCUT2D eigenvalue weighted by Crippen LogP contribution is -2.37. The lowest BCUT2D eigenvalue weighted by molar-refractivity contribution is -0.140. The molecule has 0 spiro atoms. The number of carbonyl (C=O) groups excluding carboxylic acids is 1. The average molecular weight is 402 g/mol. The third-order valence-corrected chi connectivity index (χ3v) is 4.12. The van der Waals surface area contributed by atoms with Crippen molar-refractivity contribution in [2.45, 2.75) is 18.7 Å². The highest BCUT2D eigenvalue weighted by atomic mass is 19.4. The van der Waals surface area contributed by atoms with Crippen LogP contribution in [0.2, 0.25) is 0 Å². The van der Waals surface area contributed by atoms with Gasteiger partial charge in [-0.2, -0.15) is 13.2 Å². The molecule has 1 atom stereocenters. The molecule has 1 unspecified atom stereocenters. The molecule has 0 aliphatic heterocycles. The van der Waals surface area contributed by atoms with E-state index in [9.17, 15) is 18.0 Å². The minimum atomic E-state index is -4.82. The number of carbonyl (C=O) groups is 1. The molecule has 3 N–H and O–H groups in total. The Labute approximate surface area is 164 Å². The van der Waals surface area contributed by atoms with Gasteiger partial charge in [0.05, 0.1) is 11.4 Å². The van der Waals surface area contributed by atoms with Gasteiger partial charge in [0.2, 0.25) is 5.91 Å². The van der Waals surface area contributed by atoms with Gasteiger partial charge in [-0.15, -0.1) is 0 Å². The Kier molecular flexibility index (Phi) is 6.08. The number of hydrazine groups is 1. The number of benzene rings is 1. The third-order valence-electron chi connectivity index (χ3n) is 4.12. The number of aromatic nitrogens is 2. The summed E-state index contributed by atoms with van der Waals surface area (Å²) in [6, 6.07) is 14.4. The van der Waals surface area contributed by atoms with Crippen molar-refractivity contribution < 1.29 is 22.7 Å².